The zero-order valence-electron chi connectivity index (χ0n) is 7.90. The van der Waals surface area contributed by atoms with E-state index in [9.17, 15) is 0 Å². The van der Waals surface area contributed by atoms with Crippen molar-refractivity contribution >= 4 is 5.82 Å². The van der Waals surface area contributed by atoms with Gasteiger partial charge < -0.3 is 10.3 Å². The van der Waals surface area contributed by atoms with Crippen LogP contribution < -0.4 is 5.73 Å². The molecule has 0 amide bonds. The number of hydrogen-bond donors (Lipinski definition) is 1. The van der Waals surface area contributed by atoms with Gasteiger partial charge in [-0.25, -0.2) is 0 Å². The van der Waals surface area contributed by atoms with Crippen molar-refractivity contribution in [2.24, 2.45) is 0 Å². The van der Waals surface area contributed by atoms with Crippen LogP contribution in [0.5, 0.6) is 0 Å². The monoisotopic (exact) mass is 189 g/mol. The van der Waals surface area contributed by atoms with Gasteiger partial charge >= 0.3 is 0 Å². The molecule has 14 heavy (non-hydrogen) atoms. The van der Waals surface area contributed by atoms with Gasteiger partial charge in [0.15, 0.2) is 11.6 Å². The predicted molar refractivity (Wildman–Crippen MR) is 53.5 cm³/mol. The molecule has 72 valence electrons. The quantitative estimate of drug-likeness (QED) is 0.783. The molecule has 0 unspecified atom stereocenters. The number of nitrogen functional groups attached to an aromatic ring is 1. The maximum Gasteiger partial charge on any atom is 0.190 e. The van der Waals surface area contributed by atoms with Crippen molar-refractivity contribution in [3.8, 4) is 11.5 Å². The summed E-state index contributed by atoms with van der Waals surface area (Å²) in [4.78, 5) is 4.18. The lowest BCUT2D eigenvalue weighted by atomic mass is 10.1. The van der Waals surface area contributed by atoms with Crippen LogP contribution in [-0.4, -0.2) is 10.1 Å². The van der Waals surface area contributed by atoms with Crippen LogP contribution >= 0.6 is 0 Å². The molecule has 0 saturated heterocycles. The molecule has 0 aliphatic rings. The molecule has 0 radical (unpaired) electrons. The molecule has 2 rings (SSSR count). The maximum atomic E-state index is 5.66. The van der Waals surface area contributed by atoms with Gasteiger partial charge in [-0.15, -0.1) is 0 Å². The number of nitrogens with zero attached hydrogens (tertiary/aromatic N) is 2. The van der Waals surface area contributed by atoms with Crippen LogP contribution in [0.15, 0.2) is 28.9 Å². The Kier molecular flexibility index (Phi) is 2.18. The van der Waals surface area contributed by atoms with Crippen molar-refractivity contribution in [1.82, 2.24) is 10.1 Å². The molecule has 2 heterocycles. The second-order valence-corrected chi connectivity index (χ2v) is 2.94. The van der Waals surface area contributed by atoms with E-state index in [2.05, 4.69) is 10.1 Å². The molecule has 2 N–H and O–H groups in total. The Balaban J connectivity index is 2.52. The number of pyridine rings is 1. The first-order valence-corrected chi connectivity index (χ1v) is 4.48. The summed E-state index contributed by atoms with van der Waals surface area (Å²) in [7, 11) is 0. The van der Waals surface area contributed by atoms with E-state index in [-0.39, 0.29) is 0 Å². The van der Waals surface area contributed by atoms with Gasteiger partial charge in [-0.05, 0) is 18.6 Å². The highest BCUT2D eigenvalue weighted by Crippen LogP contribution is 2.25. The van der Waals surface area contributed by atoms with Crippen LogP contribution in [0, 0.1) is 0 Å². The molecule has 0 atom stereocenters. The molecule has 0 saturated carbocycles. The number of nitrogens with two attached hydrogens (primary N) is 1. The van der Waals surface area contributed by atoms with E-state index in [1.165, 1.54) is 0 Å². The summed E-state index contributed by atoms with van der Waals surface area (Å²) in [5, 5.41) is 3.73. The topological polar surface area (TPSA) is 64.9 Å². The minimum atomic E-state index is 0.452. The van der Waals surface area contributed by atoms with E-state index in [1.807, 2.05) is 25.1 Å². The van der Waals surface area contributed by atoms with Crippen molar-refractivity contribution in [3.63, 3.8) is 0 Å². The first-order chi connectivity index (χ1) is 6.83. The molecule has 0 fully saturated rings. The molecule has 4 heteroatoms. The average Bonchev–Trinajstić information content (AvgIpc) is 2.61. The smallest absolute Gasteiger partial charge is 0.190 e. The summed E-state index contributed by atoms with van der Waals surface area (Å²) in [6, 6.07) is 5.63. The van der Waals surface area contributed by atoms with Crippen LogP contribution in [0.3, 0.4) is 0 Å². The highest BCUT2D eigenvalue weighted by molar-refractivity contribution is 5.62. The van der Waals surface area contributed by atoms with Crippen molar-refractivity contribution in [3.05, 3.63) is 30.0 Å². The third-order valence-corrected chi connectivity index (χ3v) is 2.07. The van der Waals surface area contributed by atoms with E-state index in [1.54, 1.807) is 6.20 Å². The summed E-state index contributed by atoms with van der Waals surface area (Å²) >= 11 is 0. The van der Waals surface area contributed by atoms with E-state index in [4.69, 9.17) is 10.3 Å². The average molecular weight is 189 g/mol. The van der Waals surface area contributed by atoms with Crippen molar-refractivity contribution in [1.29, 1.82) is 0 Å². The Morgan fingerprint density at radius 2 is 2.29 bits per heavy atom. The van der Waals surface area contributed by atoms with E-state index in [0.717, 1.165) is 17.7 Å². The van der Waals surface area contributed by atoms with Crippen LogP contribution in [0.25, 0.3) is 11.5 Å². The van der Waals surface area contributed by atoms with E-state index >= 15 is 0 Å². The number of hydrogen-bond acceptors (Lipinski definition) is 4. The van der Waals surface area contributed by atoms with Crippen molar-refractivity contribution in [2.45, 2.75) is 13.3 Å². The third kappa shape index (κ3) is 1.35. The Labute approximate surface area is 81.7 Å². The molecule has 2 aromatic rings. The van der Waals surface area contributed by atoms with Gasteiger partial charge in [0.25, 0.3) is 0 Å². The molecule has 2 aromatic heterocycles. The molecular weight excluding hydrogens is 178 g/mol. The van der Waals surface area contributed by atoms with Crippen LogP contribution in [-0.2, 0) is 6.42 Å². The fourth-order valence-corrected chi connectivity index (χ4v) is 1.36. The SMILES string of the molecule is CCc1c(N)noc1-c1ccccn1. The normalized spacial score (nSPS) is 10.4. The number of aromatic nitrogens is 2. The summed E-state index contributed by atoms with van der Waals surface area (Å²) < 4.78 is 5.13. The van der Waals surface area contributed by atoms with Gasteiger partial charge in [0.1, 0.15) is 5.69 Å². The van der Waals surface area contributed by atoms with Crippen molar-refractivity contribution in [2.75, 3.05) is 5.73 Å². The predicted octanol–water partition coefficient (Wildman–Crippen LogP) is 1.88. The molecule has 0 aliphatic heterocycles. The van der Waals surface area contributed by atoms with E-state index in [0.29, 0.717) is 11.6 Å². The Hall–Kier alpha value is -1.84. The zero-order chi connectivity index (χ0) is 9.97. The van der Waals surface area contributed by atoms with Gasteiger partial charge in [0.05, 0.1) is 0 Å². The highest BCUT2D eigenvalue weighted by Gasteiger charge is 2.14. The van der Waals surface area contributed by atoms with Gasteiger partial charge in [0, 0.05) is 11.8 Å². The number of anilines is 1. The van der Waals surface area contributed by atoms with Crippen molar-refractivity contribution < 1.29 is 4.52 Å². The molecular formula is C10H11N3O. The van der Waals surface area contributed by atoms with Gasteiger partial charge in [0.2, 0.25) is 0 Å². The van der Waals surface area contributed by atoms with Gasteiger partial charge in [-0.1, -0.05) is 18.1 Å². The minimum Gasteiger partial charge on any atom is -0.381 e. The Bertz CT molecular complexity index is 422. The molecule has 0 aliphatic carbocycles. The number of rotatable bonds is 2. The Morgan fingerprint density at radius 1 is 1.43 bits per heavy atom. The first-order valence-electron chi connectivity index (χ1n) is 4.48. The standard InChI is InChI=1S/C10H11N3O/c1-2-7-9(14-13-10(7)11)8-5-3-4-6-12-8/h3-6H,2H2,1H3,(H2,11,13). The minimum absolute atomic E-state index is 0.452. The zero-order valence-corrected chi connectivity index (χ0v) is 7.90. The highest BCUT2D eigenvalue weighted by atomic mass is 16.5. The summed E-state index contributed by atoms with van der Waals surface area (Å²) in [5.41, 5.74) is 7.35. The van der Waals surface area contributed by atoms with Crippen LogP contribution in [0.2, 0.25) is 0 Å². The second kappa shape index (κ2) is 3.49. The lowest BCUT2D eigenvalue weighted by Gasteiger charge is -1.96. The fraction of sp³-hybridized carbons (Fsp3) is 0.200. The van der Waals surface area contributed by atoms with Crippen LogP contribution in [0.1, 0.15) is 12.5 Å². The summed E-state index contributed by atoms with van der Waals surface area (Å²) in [6.45, 7) is 2.01. The van der Waals surface area contributed by atoms with Gasteiger partial charge in [-0.3, -0.25) is 4.98 Å². The van der Waals surface area contributed by atoms with Gasteiger partial charge in [-0.2, -0.15) is 0 Å². The fourth-order valence-electron chi connectivity index (χ4n) is 1.36. The first kappa shape index (κ1) is 8.74. The largest absolute Gasteiger partial charge is 0.381 e. The molecule has 0 aromatic carbocycles. The summed E-state index contributed by atoms with van der Waals surface area (Å²) in [5.74, 6) is 1.12. The molecule has 0 spiro atoms. The summed E-state index contributed by atoms with van der Waals surface area (Å²) in [6.07, 6.45) is 2.51. The molecule has 0 bridgehead atoms. The molecule has 4 nitrogen and oxygen atoms in total. The lowest BCUT2D eigenvalue weighted by molar-refractivity contribution is 0.434. The maximum absolute atomic E-state index is 5.66. The lowest BCUT2D eigenvalue weighted by Crippen LogP contribution is -1.91. The Morgan fingerprint density at radius 3 is 2.93 bits per heavy atom. The second-order valence-electron chi connectivity index (χ2n) is 2.94. The van der Waals surface area contributed by atoms with E-state index < -0.39 is 0 Å². The van der Waals surface area contributed by atoms with Crippen LogP contribution in [0.4, 0.5) is 5.82 Å². The third-order valence-electron chi connectivity index (χ3n) is 2.07.